The average molecular weight is 483 g/mol. The summed E-state index contributed by atoms with van der Waals surface area (Å²) in [6, 6.07) is 6.59. The molecule has 2 aromatic rings. The van der Waals surface area contributed by atoms with Crippen molar-refractivity contribution in [2.24, 2.45) is 16.7 Å². The highest BCUT2D eigenvalue weighted by Crippen LogP contribution is 2.35. The van der Waals surface area contributed by atoms with Gasteiger partial charge < -0.3 is 20.3 Å². The Hall–Kier alpha value is -3.47. The van der Waals surface area contributed by atoms with Crippen molar-refractivity contribution in [3.63, 3.8) is 0 Å². The number of hydrogen-bond donors (Lipinski definition) is 4. The molecule has 0 heterocycles. The predicted molar refractivity (Wildman–Crippen MR) is 122 cm³/mol. The van der Waals surface area contributed by atoms with E-state index in [1.165, 1.54) is 25.1 Å². The van der Waals surface area contributed by atoms with Crippen molar-refractivity contribution in [2.45, 2.75) is 45.7 Å². The first-order chi connectivity index (χ1) is 16.1. The molecule has 0 radical (unpaired) electrons. The maximum absolute atomic E-state index is 13.4. The number of phenolic OH excluding ortho intramolecular Hbond substituents is 1. The molecule has 34 heavy (non-hydrogen) atoms. The number of ketones is 1. The fraction of sp³-hybridized carbons (Fsp3) is 0.391. The fourth-order valence-corrected chi connectivity index (χ4v) is 3.31. The summed E-state index contributed by atoms with van der Waals surface area (Å²) >= 11 is 0. The van der Waals surface area contributed by atoms with Gasteiger partial charge in [0, 0.05) is 11.1 Å². The molecule has 0 amide bonds. The van der Waals surface area contributed by atoms with E-state index < -0.39 is 17.6 Å². The highest BCUT2D eigenvalue weighted by atomic mass is 19.4. The molecule has 11 heteroatoms. The Morgan fingerprint density at radius 2 is 1.76 bits per heavy atom. The number of unbranched alkanes of at least 4 members (excludes halogenated alkanes) is 1. The van der Waals surface area contributed by atoms with Crippen molar-refractivity contribution < 1.29 is 32.5 Å². The molecule has 0 aliphatic carbocycles. The Morgan fingerprint density at radius 3 is 2.35 bits per heavy atom. The van der Waals surface area contributed by atoms with Crippen LogP contribution in [0.25, 0.3) is 0 Å². The summed E-state index contributed by atoms with van der Waals surface area (Å²) in [5, 5.41) is 13.8. The van der Waals surface area contributed by atoms with E-state index in [1.54, 1.807) is 6.07 Å². The number of nitrogens with zero attached hydrogens (tertiary/aromatic N) is 1. The van der Waals surface area contributed by atoms with Crippen LogP contribution in [-0.2, 0) is 12.6 Å². The molecular formula is C23H29F3N4O4. The summed E-state index contributed by atoms with van der Waals surface area (Å²) < 4.78 is 51.4. The van der Waals surface area contributed by atoms with Crippen LogP contribution in [0, 0.1) is 0 Å². The van der Waals surface area contributed by atoms with Gasteiger partial charge in [-0.3, -0.25) is 4.79 Å². The zero-order valence-electron chi connectivity index (χ0n) is 19.0. The minimum Gasteiger partial charge on any atom is -0.507 e. The quantitative estimate of drug-likeness (QED) is 0.0901. The molecule has 2 aromatic carbocycles. The van der Waals surface area contributed by atoms with Crippen molar-refractivity contribution in [1.29, 1.82) is 0 Å². The van der Waals surface area contributed by atoms with E-state index in [1.807, 2.05) is 12.5 Å². The second kappa shape index (κ2) is 12.1. The summed E-state index contributed by atoms with van der Waals surface area (Å²) in [5.41, 5.74) is 6.94. The number of benzene rings is 2. The number of hydrazone groups is 1. The molecule has 0 saturated heterocycles. The molecule has 0 aromatic heterocycles. The van der Waals surface area contributed by atoms with Gasteiger partial charge in [0.15, 0.2) is 11.6 Å². The first-order valence-corrected chi connectivity index (χ1v) is 10.7. The van der Waals surface area contributed by atoms with E-state index in [2.05, 4.69) is 5.10 Å². The van der Waals surface area contributed by atoms with E-state index in [0.29, 0.717) is 37.2 Å². The first-order valence-electron chi connectivity index (χ1n) is 10.7. The van der Waals surface area contributed by atoms with Crippen LogP contribution in [-0.4, -0.2) is 29.9 Å². The Labute approximate surface area is 195 Å². The lowest BCUT2D eigenvalue weighted by Crippen LogP contribution is -2.25. The summed E-state index contributed by atoms with van der Waals surface area (Å²) in [4.78, 5) is 11.6. The second-order valence-electron chi connectivity index (χ2n) is 7.48. The number of halogens is 3. The molecule has 6 N–H and O–H groups in total. The van der Waals surface area contributed by atoms with Crippen LogP contribution in [0.2, 0.25) is 0 Å². The van der Waals surface area contributed by atoms with Gasteiger partial charge in [0.1, 0.15) is 17.2 Å². The predicted octanol–water partition coefficient (Wildman–Crippen LogP) is 3.89. The standard InChI is InChI=1S/C23H29F3N4O4/c1-3-6-18-20(10-9-16(14(2)31)21(18)32)34-12-5-4-11-33-15-7-8-17(22(27)29-30-28)19(13-15)23(24,25)26/h7-10,13,30,32H,3-6,11-12,28H2,1-2H3,(H2,27,29). The molecule has 8 nitrogen and oxygen atoms in total. The lowest BCUT2D eigenvalue weighted by molar-refractivity contribution is -0.137. The van der Waals surface area contributed by atoms with Crippen LogP contribution in [0.4, 0.5) is 13.2 Å². The topological polar surface area (TPSA) is 132 Å². The van der Waals surface area contributed by atoms with Crippen molar-refractivity contribution in [1.82, 2.24) is 5.53 Å². The number of carbonyl (C=O) groups is 1. The van der Waals surface area contributed by atoms with Gasteiger partial charge in [-0.15, -0.1) is 5.10 Å². The summed E-state index contributed by atoms with van der Waals surface area (Å²) in [5.74, 6) is 4.84. The number of phenols is 1. The number of rotatable bonds is 12. The number of alkyl halides is 3. The number of hydrazine groups is 1. The van der Waals surface area contributed by atoms with Gasteiger partial charge >= 0.3 is 6.18 Å². The SMILES string of the molecule is CCCc1c(OCCCCOc2ccc(/C(N)=N/NN)c(C(F)(F)F)c2)ccc(C(C)=O)c1O. The molecule has 0 aliphatic rings. The van der Waals surface area contributed by atoms with Crippen LogP contribution in [0.1, 0.15) is 60.2 Å². The summed E-state index contributed by atoms with van der Waals surface area (Å²) in [7, 11) is 0. The lowest BCUT2D eigenvalue weighted by atomic mass is 10.0. The molecular weight excluding hydrogens is 453 g/mol. The Morgan fingerprint density at radius 1 is 1.12 bits per heavy atom. The van der Waals surface area contributed by atoms with Crippen molar-refractivity contribution >= 4 is 11.6 Å². The van der Waals surface area contributed by atoms with Crippen molar-refractivity contribution in [3.05, 3.63) is 52.6 Å². The van der Waals surface area contributed by atoms with Crippen LogP contribution >= 0.6 is 0 Å². The van der Waals surface area contributed by atoms with Gasteiger partial charge in [0.2, 0.25) is 0 Å². The molecule has 0 atom stereocenters. The number of amidine groups is 1. The first kappa shape index (κ1) is 26.8. The van der Waals surface area contributed by atoms with Crippen LogP contribution in [0.5, 0.6) is 17.2 Å². The number of ether oxygens (including phenoxy) is 2. The molecule has 2 rings (SSSR count). The smallest absolute Gasteiger partial charge is 0.417 e. The number of nitrogens with one attached hydrogen (secondary N) is 1. The molecule has 0 fully saturated rings. The molecule has 0 bridgehead atoms. The number of aromatic hydroxyl groups is 1. The average Bonchev–Trinajstić information content (AvgIpc) is 2.77. The van der Waals surface area contributed by atoms with Gasteiger partial charge in [-0.1, -0.05) is 13.3 Å². The number of nitrogens with two attached hydrogens (primary N) is 2. The van der Waals surface area contributed by atoms with Crippen LogP contribution in [0.3, 0.4) is 0 Å². The number of carbonyl (C=O) groups excluding carboxylic acids is 1. The van der Waals surface area contributed by atoms with Crippen molar-refractivity contribution in [3.8, 4) is 17.2 Å². The normalized spacial score (nSPS) is 11.9. The zero-order valence-corrected chi connectivity index (χ0v) is 19.0. The van der Waals surface area contributed by atoms with E-state index in [4.69, 9.17) is 21.1 Å². The number of Topliss-reactive ketones (excluding diaryl/α,β-unsaturated/α-hetero) is 1. The largest absolute Gasteiger partial charge is 0.507 e. The van der Waals surface area contributed by atoms with Gasteiger partial charge in [0.05, 0.1) is 24.3 Å². The highest BCUT2D eigenvalue weighted by molar-refractivity contribution is 5.99. The van der Waals surface area contributed by atoms with Gasteiger partial charge in [-0.05, 0) is 56.5 Å². The summed E-state index contributed by atoms with van der Waals surface area (Å²) in [6.45, 7) is 3.82. The third-order valence-electron chi connectivity index (χ3n) is 4.94. The number of hydrogen-bond acceptors (Lipinski definition) is 7. The lowest BCUT2D eigenvalue weighted by Gasteiger charge is -2.15. The molecule has 0 saturated carbocycles. The van der Waals surface area contributed by atoms with Gasteiger partial charge in [-0.25, -0.2) is 11.4 Å². The van der Waals surface area contributed by atoms with Crippen molar-refractivity contribution in [2.75, 3.05) is 13.2 Å². The molecule has 0 spiro atoms. The second-order valence-corrected chi connectivity index (χ2v) is 7.48. The molecule has 186 valence electrons. The molecule has 0 aliphatic heterocycles. The van der Waals surface area contributed by atoms with E-state index in [0.717, 1.165) is 12.5 Å². The Balaban J connectivity index is 1.94. The third-order valence-corrected chi connectivity index (χ3v) is 4.94. The minimum absolute atomic E-state index is 0.0421. The highest BCUT2D eigenvalue weighted by Gasteiger charge is 2.35. The summed E-state index contributed by atoms with van der Waals surface area (Å²) in [6.07, 6.45) is -2.26. The maximum atomic E-state index is 13.4. The molecule has 0 unspecified atom stereocenters. The third kappa shape index (κ3) is 7.01. The minimum atomic E-state index is -4.66. The van der Waals surface area contributed by atoms with E-state index in [-0.39, 0.29) is 35.0 Å². The van der Waals surface area contributed by atoms with Gasteiger partial charge in [0.25, 0.3) is 0 Å². The Kier molecular flexibility index (Phi) is 9.55. The van der Waals surface area contributed by atoms with Gasteiger partial charge in [-0.2, -0.15) is 13.2 Å². The fourth-order valence-electron chi connectivity index (χ4n) is 3.31. The van der Waals surface area contributed by atoms with Crippen LogP contribution in [0.15, 0.2) is 35.4 Å². The monoisotopic (exact) mass is 482 g/mol. The van der Waals surface area contributed by atoms with Crippen LogP contribution < -0.4 is 26.6 Å². The van der Waals surface area contributed by atoms with E-state index >= 15 is 0 Å². The van der Waals surface area contributed by atoms with E-state index in [9.17, 15) is 23.1 Å². The zero-order chi connectivity index (χ0) is 25.3. The maximum Gasteiger partial charge on any atom is 0.417 e. The Bertz CT molecular complexity index is 1030.